The van der Waals surface area contributed by atoms with Gasteiger partial charge >= 0.3 is 0 Å². The Morgan fingerprint density at radius 2 is 1.79 bits per heavy atom. The van der Waals surface area contributed by atoms with E-state index in [4.69, 9.17) is 40.1 Å². The summed E-state index contributed by atoms with van der Waals surface area (Å²) in [5.41, 5.74) is -0.0369. The van der Waals surface area contributed by atoms with E-state index in [0.717, 1.165) is 0 Å². The first-order valence-corrected chi connectivity index (χ1v) is 5.08. The number of rotatable bonds is 1. The standard InChI is InChI=1S/C10H8Cl3N/c1-10(2,5-14)7-3-6(11)4-8(12)9(7)13/h3-4H,1-2H3. The zero-order valence-electron chi connectivity index (χ0n) is 7.74. The summed E-state index contributed by atoms with van der Waals surface area (Å²) in [4.78, 5) is 0. The van der Waals surface area contributed by atoms with E-state index in [-0.39, 0.29) is 0 Å². The molecule has 14 heavy (non-hydrogen) atoms. The molecule has 0 unspecified atom stereocenters. The van der Waals surface area contributed by atoms with Crippen molar-refractivity contribution in [3.63, 3.8) is 0 Å². The molecule has 1 rings (SSSR count). The van der Waals surface area contributed by atoms with Gasteiger partial charge in [0.05, 0.1) is 21.5 Å². The molecule has 74 valence electrons. The van der Waals surface area contributed by atoms with Crippen LogP contribution in [0.5, 0.6) is 0 Å². The van der Waals surface area contributed by atoms with Crippen molar-refractivity contribution in [1.29, 1.82) is 5.26 Å². The van der Waals surface area contributed by atoms with Crippen LogP contribution in [0.1, 0.15) is 19.4 Å². The average Bonchev–Trinajstić information content (AvgIpc) is 2.11. The molecule has 1 nitrogen and oxygen atoms in total. The van der Waals surface area contributed by atoms with Gasteiger partial charge in [0.25, 0.3) is 0 Å². The lowest BCUT2D eigenvalue weighted by Crippen LogP contribution is -2.14. The van der Waals surface area contributed by atoms with E-state index in [1.807, 2.05) is 0 Å². The van der Waals surface area contributed by atoms with Crippen LogP contribution in [0.15, 0.2) is 12.1 Å². The largest absolute Gasteiger partial charge is 0.197 e. The molecule has 0 aliphatic carbocycles. The van der Waals surface area contributed by atoms with Crippen LogP contribution < -0.4 is 0 Å². The Balaban J connectivity index is 3.44. The molecule has 0 aliphatic rings. The van der Waals surface area contributed by atoms with Crippen LogP contribution in [-0.4, -0.2) is 0 Å². The fourth-order valence-corrected chi connectivity index (χ4v) is 1.91. The minimum Gasteiger partial charge on any atom is -0.197 e. The summed E-state index contributed by atoms with van der Waals surface area (Å²) in [6.07, 6.45) is 0. The molecule has 0 fully saturated rings. The monoisotopic (exact) mass is 247 g/mol. The number of benzene rings is 1. The highest BCUT2D eigenvalue weighted by atomic mass is 35.5. The van der Waals surface area contributed by atoms with Gasteiger partial charge < -0.3 is 0 Å². The molecule has 1 aromatic carbocycles. The maximum atomic E-state index is 8.96. The highest BCUT2D eigenvalue weighted by molar-refractivity contribution is 6.43. The van der Waals surface area contributed by atoms with Crippen molar-refractivity contribution >= 4 is 34.8 Å². The van der Waals surface area contributed by atoms with Crippen molar-refractivity contribution in [3.05, 3.63) is 32.8 Å². The fraction of sp³-hybridized carbons (Fsp3) is 0.300. The molecule has 0 bridgehead atoms. The molecule has 0 saturated heterocycles. The highest BCUT2D eigenvalue weighted by Gasteiger charge is 2.24. The van der Waals surface area contributed by atoms with E-state index in [9.17, 15) is 0 Å². The molecule has 0 radical (unpaired) electrons. The Hall–Kier alpha value is -0.420. The summed E-state index contributed by atoms with van der Waals surface area (Å²) in [6, 6.07) is 5.37. The minimum absolute atomic E-state index is 0.373. The molecule has 0 heterocycles. The molecule has 4 heteroatoms. The van der Waals surface area contributed by atoms with Crippen molar-refractivity contribution in [1.82, 2.24) is 0 Å². The predicted molar refractivity (Wildman–Crippen MR) is 60.1 cm³/mol. The van der Waals surface area contributed by atoms with Crippen LogP contribution in [0, 0.1) is 11.3 Å². The van der Waals surface area contributed by atoms with Crippen LogP contribution >= 0.6 is 34.8 Å². The van der Waals surface area contributed by atoms with Crippen molar-refractivity contribution < 1.29 is 0 Å². The normalized spacial score (nSPS) is 11.1. The second kappa shape index (κ2) is 3.98. The first-order valence-electron chi connectivity index (χ1n) is 3.95. The lowest BCUT2D eigenvalue weighted by molar-refractivity contribution is 0.687. The minimum atomic E-state index is -0.689. The van der Waals surface area contributed by atoms with E-state index in [2.05, 4.69) is 6.07 Å². The molecule has 0 spiro atoms. The van der Waals surface area contributed by atoms with Crippen LogP contribution in [0.3, 0.4) is 0 Å². The smallest absolute Gasteiger partial charge is 0.0781 e. The Morgan fingerprint density at radius 1 is 1.21 bits per heavy atom. The van der Waals surface area contributed by atoms with Crippen molar-refractivity contribution in [3.8, 4) is 6.07 Å². The second-order valence-electron chi connectivity index (χ2n) is 3.49. The lowest BCUT2D eigenvalue weighted by Gasteiger charge is -2.18. The third kappa shape index (κ3) is 2.15. The Kier molecular flexibility index (Phi) is 3.32. The number of hydrogen-bond acceptors (Lipinski definition) is 1. The molecule has 0 aliphatic heterocycles. The molecule has 0 atom stereocenters. The molecule has 0 saturated carbocycles. The number of nitriles is 1. The van der Waals surface area contributed by atoms with Gasteiger partial charge in [0.15, 0.2) is 0 Å². The highest BCUT2D eigenvalue weighted by Crippen LogP contribution is 2.36. The van der Waals surface area contributed by atoms with Crippen molar-refractivity contribution in [2.75, 3.05) is 0 Å². The Morgan fingerprint density at radius 3 is 2.29 bits per heavy atom. The van der Waals surface area contributed by atoms with E-state index in [1.54, 1.807) is 26.0 Å². The summed E-state index contributed by atoms with van der Waals surface area (Å²) in [7, 11) is 0. The summed E-state index contributed by atoms with van der Waals surface area (Å²) in [5.74, 6) is 0. The van der Waals surface area contributed by atoms with Gasteiger partial charge in [0.1, 0.15) is 0 Å². The van der Waals surface area contributed by atoms with Crippen LogP contribution in [0.2, 0.25) is 15.1 Å². The predicted octanol–water partition coefficient (Wildman–Crippen LogP) is 4.45. The third-order valence-electron chi connectivity index (χ3n) is 1.95. The number of halogens is 3. The maximum absolute atomic E-state index is 8.96. The molecular weight excluding hydrogens is 240 g/mol. The van der Waals surface area contributed by atoms with Gasteiger partial charge in [-0.15, -0.1) is 0 Å². The molecule has 0 N–H and O–H groups in total. The number of nitrogens with zero attached hydrogens (tertiary/aromatic N) is 1. The molecule has 0 aromatic heterocycles. The van der Waals surface area contributed by atoms with Crippen molar-refractivity contribution in [2.45, 2.75) is 19.3 Å². The Bertz CT molecular complexity index is 405. The lowest BCUT2D eigenvalue weighted by atomic mass is 9.86. The van der Waals surface area contributed by atoms with Crippen LogP contribution in [0.4, 0.5) is 0 Å². The zero-order chi connectivity index (χ0) is 10.9. The van der Waals surface area contributed by atoms with Crippen LogP contribution in [-0.2, 0) is 5.41 Å². The Labute approximate surface area is 98.2 Å². The van der Waals surface area contributed by atoms with E-state index < -0.39 is 5.41 Å². The first-order chi connectivity index (χ1) is 6.38. The number of hydrogen-bond donors (Lipinski definition) is 0. The van der Waals surface area contributed by atoms with Gasteiger partial charge in [-0.1, -0.05) is 34.8 Å². The second-order valence-corrected chi connectivity index (χ2v) is 4.71. The van der Waals surface area contributed by atoms with Crippen LogP contribution in [0.25, 0.3) is 0 Å². The van der Waals surface area contributed by atoms with E-state index in [1.165, 1.54) is 0 Å². The van der Waals surface area contributed by atoms with E-state index in [0.29, 0.717) is 20.6 Å². The zero-order valence-corrected chi connectivity index (χ0v) is 10.0. The summed E-state index contributed by atoms with van der Waals surface area (Å²) in [6.45, 7) is 3.53. The summed E-state index contributed by atoms with van der Waals surface area (Å²) < 4.78 is 0. The summed E-state index contributed by atoms with van der Waals surface area (Å²) >= 11 is 17.7. The third-order valence-corrected chi connectivity index (χ3v) is 2.97. The van der Waals surface area contributed by atoms with Gasteiger partial charge in [-0.2, -0.15) is 5.26 Å². The SMILES string of the molecule is CC(C)(C#N)c1cc(Cl)cc(Cl)c1Cl. The van der Waals surface area contributed by atoms with Gasteiger partial charge in [0.2, 0.25) is 0 Å². The van der Waals surface area contributed by atoms with Crippen molar-refractivity contribution in [2.24, 2.45) is 0 Å². The molecule has 0 amide bonds. The van der Waals surface area contributed by atoms with E-state index >= 15 is 0 Å². The molecular formula is C10H8Cl3N. The van der Waals surface area contributed by atoms with Gasteiger partial charge in [-0.05, 0) is 31.5 Å². The summed E-state index contributed by atoms with van der Waals surface area (Å²) in [5, 5.41) is 10.2. The average molecular weight is 249 g/mol. The van der Waals surface area contributed by atoms with Gasteiger partial charge in [-0.3, -0.25) is 0 Å². The topological polar surface area (TPSA) is 23.8 Å². The fourth-order valence-electron chi connectivity index (χ4n) is 1.07. The van der Waals surface area contributed by atoms with Gasteiger partial charge in [0, 0.05) is 5.02 Å². The van der Waals surface area contributed by atoms with Gasteiger partial charge in [-0.25, -0.2) is 0 Å². The maximum Gasteiger partial charge on any atom is 0.0781 e. The first kappa shape index (κ1) is 11.7. The molecule has 1 aromatic rings. The quantitative estimate of drug-likeness (QED) is 0.674.